The van der Waals surface area contributed by atoms with Crippen molar-refractivity contribution in [2.24, 2.45) is 17.8 Å². The van der Waals surface area contributed by atoms with Gasteiger partial charge in [-0.15, -0.1) is 0 Å². The Hall–Kier alpha value is -2.14. The summed E-state index contributed by atoms with van der Waals surface area (Å²) in [5.41, 5.74) is -0.549. The third-order valence-electron chi connectivity index (χ3n) is 8.23. The fourth-order valence-corrected chi connectivity index (χ4v) is 9.24. The fourth-order valence-electron chi connectivity index (χ4n) is 6.39. The van der Waals surface area contributed by atoms with Crippen molar-refractivity contribution in [3.8, 4) is 0 Å². The third-order valence-corrected chi connectivity index (χ3v) is 11.1. The molecule has 2 aliphatic carbocycles. The number of hydroxylamine groups is 2. The second-order valence-corrected chi connectivity index (χ2v) is 12.6. The number of hydrogen-bond acceptors (Lipinski definition) is 5. The van der Waals surface area contributed by atoms with Gasteiger partial charge >= 0.3 is 0 Å². The van der Waals surface area contributed by atoms with Crippen LogP contribution in [0.4, 0.5) is 18.9 Å². The Balaban J connectivity index is 1.43. The molecule has 1 amide bonds. The monoisotopic (exact) mass is 542 g/mol. The van der Waals surface area contributed by atoms with E-state index in [4.69, 9.17) is 16.4 Å². The zero-order valence-electron chi connectivity index (χ0n) is 19.7. The van der Waals surface area contributed by atoms with Crippen molar-refractivity contribution in [1.82, 2.24) is 5.06 Å². The lowest BCUT2D eigenvalue weighted by Crippen LogP contribution is -2.54. The van der Waals surface area contributed by atoms with Gasteiger partial charge in [-0.05, 0) is 55.7 Å². The van der Waals surface area contributed by atoms with Crippen molar-refractivity contribution in [1.29, 1.82) is 0 Å². The molecule has 0 aromatic heterocycles. The standard InChI is InChI=1S/C25H26ClF3N2O4S/c1-13-12-35-31(2)25(13)10-15-3-4-16(11-25)23(15)36(33,34)21-7-14(5-6-18(21)26)24(32)30-17-8-19(27)22(29)20(28)9-17/h5-9,13,15-16,23H,3-4,10-12H2,1-2H3,(H,30,32)/t13?,15-,16?,23?,25?/m1/s1. The second-order valence-electron chi connectivity index (χ2n) is 10.2. The predicted octanol–water partition coefficient (Wildman–Crippen LogP) is 5.22. The highest BCUT2D eigenvalue weighted by atomic mass is 35.5. The molecule has 194 valence electrons. The zero-order chi connectivity index (χ0) is 26.0. The molecule has 2 saturated carbocycles. The highest BCUT2D eigenvalue weighted by molar-refractivity contribution is 7.92. The summed E-state index contributed by atoms with van der Waals surface area (Å²) in [6.45, 7) is 2.74. The number of amides is 1. The maximum atomic E-state index is 13.9. The van der Waals surface area contributed by atoms with Gasteiger partial charge in [-0.25, -0.2) is 21.6 Å². The summed E-state index contributed by atoms with van der Waals surface area (Å²) in [5.74, 6) is -5.23. The number of benzene rings is 2. The summed E-state index contributed by atoms with van der Waals surface area (Å²) in [6, 6.07) is 5.13. The van der Waals surface area contributed by atoms with E-state index in [0.717, 1.165) is 12.8 Å². The molecule has 1 spiro atoms. The van der Waals surface area contributed by atoms with E-state index in [0.29, 0.717) is 31.6 Å². The number of hydrogen-bond donors (Lipinski definition) is 1. The number of nitrogens with zero attached hydrogens (tertiary/aromatic N) is 1. The zero-order valence-corrected chi connectivity index (χ0v) is 21.3. The van der Waals surface area contributed by atoms with Gasteiger partial charge < -0.3 is 5.32 Å². The van der Waals surface area contributed by atoms with Gasteiger partial charge in [-0.2, -0.15) is 5.06 Å². The van der Waals surface area contributed by atoms with E-state index in [-0.39, 0.29) is 44.5 Å². The maximum Gasteiger partial charge on any atom is 0.255 e. The van der Waals surface area contributed by atoms with Crippen LogP contribution in [0.5, 0.6) is 0 Å². The van der Waals surface area contributed by atoms with Crippen molar-refractivity contribution < 1.29 is 31.2 Å². The summed E-state index contributed by atoms with van der Waals surface area (Å²) in [5, 5.41) is 3.56. The normalized spacial score (nSPS) is 30.2. The van der Waals surface area contributed by atoms with Crippen LogP contribution in [-0.4, -0.2) is 43.8 Å². The lowest BCUT2D eigenvalue weighted by molar-refractivity contribution is -0.157. The van der Waals surface area contributed by atoms with Crippen molar-refractivity contribution in [2.45, 2.75) is 48.3 Å². The first-order valence-electron chi connectivity index (χ1n) is 11.8. The molecule has 2 bridgehead atoms. The summed E-state index contributed by atoms with van der Waals surface area (Å²) < 4.78 is 68.1. The van der Waals surface area contributed by atoms with Gasteiger partial charge in [0.25, 0.3) is 5.91 Å². The third kappa shape index (κ3) is 4.02. The van der Waals surface area contributed by atoms with Crippen LogP contribution in [0.2, 0.25) is 5.02 Å². The minimum atomic E-state index is -3.90. The molecule has 1 N–H and O–H groups in total. The molecule has 1 heterocycles. The smallest absolute Gasteiger partial charge is 0.255 e. The maximum absolute atomic E-state index is 13.9. The first kappa shape index (κ1) is 25.5. The molecule has 11 heteroatoms. The first-order valence-corrected chi connectivity index (χ1v) is 13.7. The minimum Gasteiger partial charge on any atom is -0.322 e. The van der Waals surface area contributed by atoms with Crippen LogP contribution in [0.25, 0.3) is 0 Å². The van der Waals surface area contributed by atoms with E-state index in [9.17, 15) is 26.4 Å². The van der Waals surface area contributed by atoms with Crippen LogP contribution in [0.15, 0.2) is 35.2 Å². The Morgan fingerprint density at radius 3 is 2.28 bits per heavy atom. The molecule has 0 radical (unpaired) electrons. The van der Waals surface area contributed by atoms with Gasteiger partial charge in [0.15, 0.2) is 27.3 Å². The number of sulfone groups is 1. The molecule has 3 aliphatic rings. The van der Waals surface area contributed by atoms with Gasteiger partial charge in [0.05, 0.1) is 27.3 Å². The van der Waals surface area contributed by atoms with Gasteiger partial charge in [0, 0.05) is 36.3 Å². The summed E-state index contributed by atoms with van der Waals surface area (Å²) >= 11 is 6.33. The average molecular weight is 543 g/mol. The molecule has 2 aromatic carbocycles. The Morgan fingerprint density at radius 2 is 1.72 bits per heavy atom. The molecule has 5 rings (SSSR count). The van der Waals surface area contributed by atoms with Gasteiger partial charge in [0.1, 0.15) is 0 Å². The van der Waals surface area contributed by atoms with Crippen LogP contribution < -0.4 is 5.32 Å². The van der Waals surface area contributed by atoms with E-state index in [1.807, 2.05) is 12.1 Å². The summed E-state index contributed by atoms with van der Waals surface area (Å²) in [6.07, 6.45) is 2.97. The lowest BCUT2D eigenvalue weighted by atomic mass is 9.69. The largest absolute Gasteiger partial charge is 0.322 e. The molecular weight excluding hydrogens is 517 g/mol. The molecule has 4 unspecified atom stereocenters. The first-order chi connectivity index (χ1) is 16.9. The number of anilines is 1. The number of carbonyl (C=O) groups excluding carboxylic acids is 1. The van der Waals surface area contributed by atoms with Crippen molar-refractivity contribution in [3.05, 3.63) is 58.4 Å². The summed E-state index contributed by atoms with van der Waals surface area (Å²) in [7, 11) is -1.99. The topological polar surface area (TPSA) is 75.7 Å². The Kier molecular flexibility index (Phi) is 6.38. The van der Waals surface area contributed by atoms with Crippen molar-refractivity contribution >= 4 is 33.0 Å². The van der Waals surface area contributed by atoms with Crippen LogP contribution >= 0.6 is 11.6 Å². The molecular formula is C25H26ClF3N2O4S. The van der Waals surface area contributed by atoms with E-state index >= 15 is 0 Å². The SMILES string of the molecule is CC1CON(C)C12CC1CC[C@H](C2)C1S(=O)(=O)c1cc(C(=O)Nc2cc(F)c(F)c(F)c2)ccc1Cl. The molecule has 2 aromatic rings. The quantitative estimate of drug-likeness (QED) is 0.536. The van der Waals surface area contributed by atoms with Crippen LogP contribution in [0.1, 0.15) is 43.0 Å². The molecule has 1 aliphatic heterocycles. The highest BCUT2D eigenvalue weighted by Crippen LogP contribution is 2.56. The van der Waals surface area contributed by atoms with Gasteiger partial charge in [-0.3, -0.25) is 9.63 Å². The number of carbonyl (C=O) groups is 1. The molecule has 1 saturated heterocycles. The number of halogens is 4. The molecule has 6 nitrogen and oxygen atoms in total. The molecule has 36 heavy (non-hydrogen) atoms. The lowest BCUT2D eigenvalue weighted by Gasteiger charge is -2.46. The molecule has 3 fully saturated rings. The number of nitrogens with one attached hydrogen (secondary N) is 1. The average Bonchev–Trinajstić information content (AvgIpc) is 3.25. The van der Waals surface area contributed by atoms with E-state index < -0.39 is 38.4 Å². The van der Waals surface area contributed by atoms with Crippen molar-refractivity contribution in [3.63, 3.8) is 0 Å². The predicted molar refractivity (Wildman–Crippen MR) is 128 cm³/mol. The van der Waals surface area contributed by atoms with E-state index in [1.165, 1.54) is 18.2 Å². The van der Waals surface area contributed by atoms with Crippen LogP contribution in [-0.2, 0) is 14.7 Å². The fraction of sp³-hybridized carbons (Fsp3) is 0.480. The second kappa shape index (κ2) is 9.01. The minimum absolute atomic E-state index is 0.000191. The number of rotatable bonds is 4. The van der Waals surface area contributed by atoms with E-state index in [2.05, 4.69) is 12.2 Å². The summed E-state index contributed by atoms with van der Waals surface area (Å²) in [4.78, 5) is 18.4. The van der Waals surface area contributed by atoms with Gasteiger partial charge in [-0.1, -0.05) is 18.5 Å². The van der Waals surface area contributed by atoms with Crippen molar-refractivity contribution in [2.75, 3.05) is 19.0 Å². The number of fused-ring (bicyclic) bond motifs is 2. The van der Waals surface area contributed by atoms with Crippen LogP contribution in [0.3, 0.4) is 0 Å². The Bertz CT molecular complexity index is 1290. The Labute approximate surface area is 212 Å². The van der Waals surface area contributed by atoms with E-state index in [1.54, 1.807) is 0 Å². The van der Waals surface area contributed by atoms with Gasteiger partial charge in [0.2, 0.25) is 0 Å². The van der Waals surface area contributed by atoms with Crippen LogP contribution in [0, 0.1) is 35.2 Å². The molecule has 5 atom stereocenters. The Morgan fingerprint density at radius 1 is 1.11 bits per heavy atom. The highest BCUT2D eigenvalue weighted by Gasteiger charge is 2.59.